The van der Waals surface area contributed by atoms with E-state index < -0.39 is 0 Å². The van der Waals surface area contributed by atoms with Gasteiger partial charge in [-0.15, -0.1) is 11.3 Å². The van der Waals surface area contributed by atoms with Crippen LogP contribution in [0.15, 0.2) is 35.4 Å². The highest BCUT2D eigenvalue weighted by Gasteiger charge is 2.05. The molecule has 0 saturated carbocycles. The van der Waals surface area contributed by atoms with E-state index in [1.807, 2.05) is 32.0 Å². The summed E-state index contributed by atoms with van der Waals surface area (Å²) < 4.78 is 0. The number of hydrazone groups is 1. The van der Waals surface area contributed by atoms with Crippen molar-refractivity contribution < 1.29 is 4.79 Å². The molecule has 1 amide bonds. The molecule has 110 valence electrons. The predicted molar refractivity (Wildman–Crippen MR) is 89.1 cm³/mol. The summed E-state index contributed by atoms with van der Waals surface area (Å²) in [4.78, 5) is 14.3. The molecule has 4 heteroatoms. The van der Waals surface area contributed by atoms with E-state index in [4.69, 9.17) is 0 Å². The minimum absolute atomic E-state index is 0.0922. The first-order chi connectivity index (χ1) is 10.1. The Morgan fingerprint density at radius 1 is 1.29 bits per heavy atom. The van der Waals surface area contributed by atoms with Gasteiger partial charge in [-0.25, -0.2) is 5.43 Å². The van der Waals surface area contributed by atoms with E-state index in [2.05, 4.69) is 29.6 Å². The molecule has 2 aromatic rings. The minimum Gasteiger partial charge on any atom is -0.273 e. The van der Waals surface area contributed by atoms with Crippen LogP contribution in [-0.2, 0) is 17.6 Å². The first kappa shape index (κ1) is 15.4. The Labute approximate surface area is 129 Å². The fourth-order valence-corrected chi connectivity index (χ4v) is 2.90. The normalized spacial score (nSPS) is 11.0. The molecule has 0 unspecified atom stereocenters. The highest BCUT2D eigenvalue weighted by Crippen LogP contribution is 2.14. The van der Waals surface area contributed by atoms with Crippen molar-refractivity contribution in [1.82, 2.24) is 5.43 Å². The Hall–Kier alpha value is -1.94. The molecule has 1 N–H and O–H groups in total. The molecule has 3 nitrogen and oxygen atoms in total. The number of amides is 1. The summed E-state index contributed by atoms with van der Waals surface area (Å²) in [6, 6.07) is 10.2. The molecule has 0 radical (unpaired) electrons. The average Bonchev–Trinajstić information content (AvgIpc) is 2.90. The molecule has 21 heavy (non-hydrogen) atoms. The fraction of sp³-hybridized carbons (Fsp3) is 0.294. The molecule has 1 aromatic carbocycles. The van der Waals surface area contributed by atoms with Gasteiger partial charge in [0, 0.05) is 9.75 Å². The van der Waals surface area contributed by atoms with Gasteiger partial charge in [-0.05, 0) is 43.5 Å². The molecular weight excluding hydrogens is 280 g/mol. The van der Waals surface area contributed by atoms with Crippen LogP contribution in [0.1, 0.15) is 33.4 Å². The average molecular weight is 300 g/mol. The smallest absolute Gasteiger partial charge is 0.244 e. The molecule has 2 rings (SSSR count). The van der Waals surface area contributed by atoms with Crippen molar-refractivity contribution in [3.05, 3.63) is 56.8 Å². The summed E-state index contributed by atoms with van der Waals surface area (Å²) in [6.07, 6.45) is 3.08. The molecule has 0 aliphatic carbocycles. The molecule has 0 bridgehead atoms. The van der Waals surface area contributed by atoms with Gasteiger partial charge in [0.05, 0.1) is 12.6 Å². The third-order valence-electron chi connectivity index (χ3n) is 3.26. The van der Waals surface area contributed by atoms with E-state index >= 15 is 0 Å². The summed E-state index contributed by atoms with van der Waals surface area (Å²) in [5.74, 6) is -0.0922. The third-order valence-corrected chi connectivity index (χ3v) is 4.43. The number of hydrogen-bond donors (Lipinski definition) is 1. The van der Waals surface area contributed by atoms with Crippen LogP contribution in [0.4, 0.5) is 0 Å². The van der Waals surface area contributed by atoms with Gasteiger partial charge >= 0.3 is 0 Å². The lowest BCUT2D eigenvalue weighted by Gasteiger charge is -2.05. The van der Waals surface area contributed by atoms with Crippen molar-refractivity contribution >= 4 is 23.5 Å². The molecular formula is C17H20N2OS. The summed E-state index contributed by atoms with van der Waals surface area (Å²) in [5, 5.41) is 4.02. The summed E-state index contributed by atoms with van der Waals surface area (Å²) in [5.41, 5.74) is 5.97. The van der Waals surface area contributed by atoms with Crippen LogP contribution >= 0.6 is 11.3 Å². The summed E-state index contributed by atoms with van der Waals surface area (Å²) >= 11 is 1.69. The minimum atomic E-state index is -0.0922. The number of nitrogens with zero attached hydrogens (tertiary/aromatic N) is 1. The van der Waals surface area contributed by atoms with Gasteiger partial charge in [0.25, 0.3) is 0 Å². The number of carbonyl (C=O) groups excluding carboxylic acids is 1. The van der Waals surface area contributed by atoms with Crippen molar-refractivity contribution in [3.8, 4) is 0 Å². The quantitative estimate of drug-likeness (QED) is 0.665. The fourth-order valence-electron chi connectivity index (χ4n) is 2.08. The molecule has 0 atom stereocenters. The summed E-state index contributed by atoms with van der Waals surface area (Å²) in [6.45, 7) is 6.20. The number of benzene rings is 1. The Kier molecular flexibility index (Phi) is 5.28. The molecule has 0 fully saturated rings. The van der Waals surface area contributed by atoms with Gasteiger partial charge in [0.2, 0.25) is 5.91 Å². The first-order valence-electron chi connectivity index (χ1n) is 7.05. The van der Waals surface area contributed by atoms with Gasteiger partial charge in [-0.3, -0.25) is 4.79 Å². The standard InChI is InChI=1S/C17H20N2OS/c1-4-15-7-8-16(21-15)11-18-19-17(20)10-14-6-5-12(2)9-13(14)3/h5-9,11H,4,10H2,1-3H3,(H,19,20)/b18-11+. The Morgan fingerprint density at radius 3 is 2.76 bits per heavy atom. The van der Waals surface area contributed by atoms with Crippen LogP contribution in [0.5, 0.6) is 0 Å². The molecule has 0 spiro atoms. The van der Waals surface area contributed by atoms with Crippen LogP contribution in [0.3, 0.4) is 0 Å². The van der Waals surface area contributed by atoms with Crippen LogP contribution < -0.4 is 5.43 Å². The lowest BCUT2D eigenvalue weighted by molar-refractivity contribution is -0.120. The molecule has 0 saturated heterocycles. The van der Waals surface area contributed by atoms with E-state index in [1.54, 1.807) is 17.6 Å². The van der Waals surface area contributed by atoms with Gasteiger partial charge < -0.3 is 0 Å². The molecule has 0 aliphatic heterocycles. The maximum atomic E-state index is 11.9. The topological polar surface area (TPSA) is 41.5 Å². The molecule has 1 heterocycles. The van der Waals surface area contributed by atoms with E-state index in [0.29, 0.717) is 6.42 Å². The Morgan fingerprint density at radius 2 is 2.10 bits per heavy atom. The zero-order valence-electron chi connectivity index (χ0n) is 12.6. The number of aryl methyl sites for hydroxylation is 3. The first-order valence-corrected chi connectivity index (χ1v) is 7.87. The van der Waals surface area contributed by atoms with Crippen LogP contribution in [-0.4, -0.2) is 12.1 Å². The number of rotatable bonds is 5. The second kappa shape index (κ2) is 7.18. The van der Waals surface area contributed by atoms with Gasteiger partial charge in [0.15, 0.2) is 0 Å². The number of hydrogen-bond acceptors (Lipinski definition) is 3. The third kappa shape index (κ3) is 4.53. The Balaban J connectivity index is 1.89. The van der Waals surface area contributed by atoms with Crippen molar-refractivity contribution in [2.75, 3.05) is 0 Å². The zero-order chi connectivity index (χ0) is 15.2. The van der Waals surface area contributed by atoms with Gasteiger partial charge in [-0.2, -0.15) is 5.10 Å². The van der Waals surface area contributed by atoms with Crippen LogP contribution in [0.25, 0.3) is 0 Å². The second-order valence-corrected chi connectivity index (χ2v) is 6.26. The number of nitrogens with one attached hydrogen (secondary N) is 1. The maximum Gasteiger partial charge on any atom is 0.244 e. The second-order valence-electron chi connectivity index (χ2n) is 5.06. The molecule has 0 aliphatic rings. The SMILES string of the molecule is CCc1ccc(/C=N/NC(=O)Cc2ccc(C)cc2C)s1. The van der Waals surface area contributed by atoms with Crippen molar-refractivity contribution in [2.24, 2.45) is 5.10 Å². The zero-order valence-corrected chi connectivity index (χ0v) is 13.5. The summed E-state index contributed by atoms with van der Waals surface area (Å²) in [7, 11) is 0. The molecule has 1 aromatic heterocycles. The van der Waals surface area contributed by atoms with Crippen molar-refractivity contribution in [1.29, 1.82) is 0 Å². The Bertz CT molecular complexity index is 659. The lowest BCUT2D eigenvalue weighted by Crippen LogP contribution is -2.20. The van der Waals surface area contributed by atoms with Crippen molar-refractivity contribution in [2.45, 2.75) is 33.6 Å². The maximum absolute atomic E-state index is 11.9. The lowest BCUT2D eigenvalue weighted by atomic mass is 10.0. The monoisotopic (exact) mass is 300 g/mol. The van der Waals surface area contributed by atoms with E-state index in [-0.39, 0.29) is 5.91 Å². The van der Waals surface area contributed by atoms with Crippen molar-refractivity contribution in [3.63, 3.8) is 0 Å². The van der Waals surface area contributed by atoms with Crippen LogP contribution in [0, 0.1) is 13.8 Å². The highest BCUT2D eigenvalue weighted by molar-refractivity contribution is 7.13. The van der Waals surface area contributed by atoms with E-state index in [9.17, 15) is 4.79 Å². The predicted octanol–water partition coefficient (Wildman–Crippen LogP) is 3.62. The van der Waals surface area contributed by atoms with Gasteiger partial charge in [-0.1, -0.05) is 30.7 Å². The van der Waals surface area contributed by atoms with E-state index in [1.165, 1.54) is 10.4 Å². The largest absolute Gasteiger partial charge is 0.273 e. The van der Waals surface area contributed by atoms with Crippen LogP contribution in [0.2, 0.25) is 0 Å². The number of thiophene rings is 1. The van der Waals surface area contributed by atoms with Gasteiger partial charge in [0.1, 0.15) is 0 Å². The number of carbonyl (C=O) groups is 1. The van der Waals surface area contributed by atoms with E-state index in [0.717, 1.165) is 22.4 Å². The highest BCUT2D eigenvalue weighted by atomic mass is 32.1.